The van der Waals surface area contributed by atoms with Crippen LogP contribution in [0.3, 0.4) is 0 Å². The Morgan fingerprint density at radius 2 is 2.21 bits per heavy atom. The summed E-state index contributed by atoms with van der Waals surface area (Å²) in [7, 11) is 1.36. The molecule has 0 aliphatic heterocycles. The molecular formula is C11H13N5O3. The van der Waals surface area contributed by atoms with Crippen LogP contribution >= 0.6 is 0 Å². The molecular weight excluding hydrogens is 250 g/mol. The zero-order valence-electron chi connectivity index (χ0n) is 10.3. The number of carbonyl (C=O) groups excluding carboxylic acids is 1. The Morgan fingerprint density at radius 1 is 1.42 bits per heavy atom. The molecule has 1 amide bonds. The average Bonchev–Trinajstić information content (AvgIpc) is 2.90. The standard InChI is InChI=1S/C11H13N5O3/c1-15-10(18)3-5-16(11(15)19)7-9(17)12-6-8-2-4-13-14-8/h2-5H,6-7H2,1H3,(H,12,17)(H,13,14). The highest BCUT2D eigenvalue weighted by Gasteiger charge is 2.06. The predicted octanol–water partition coefficient (Wildman–Crippen LogP) is -1.41. The molecule has 2 heterocycles. The highest BCUT2D eigenvalue weighted by atomic mass is 16.2. The number of amides is 1. The molecule has 0 aromatic carbocycles. The van der Waals surface area contributed by atoms with Gasteiger partial charge in [-0.15, -0.1) is 0 Å². The van der Waals surface area contributed by atoms with Gasteiger partial charge in [0, 0.05) is 25.5 Å². The fraction of sp³-hybridized carbons (Fsp3) is 0.273. The van der Waals surface area contributed by atoms with Crippen molar-refractivity contribution in [3.63, 3.8) is 0 Å². The first-order valence-electron chi connectivity index (χ1n) is 5.59. The largest absolute Gasteiger partial charge is 0.349 e. The number of rotatable bonds is 4. The lowest BCUT2D eigenvalue weighted by atomic mass is 10.4. The normalized spacial score (nSPS) is 10.4. The van der Waals surface area contributed by atoms with Gasteiger partial charge in [-0.25, -0.2) is 4.79 Å². The van der Waals surface area contributed by atoms with Crippen LogP contribution in [-0.2, 0) is 24.9 Å². The van der Waals surface area contributed by atoms with E-state index in [1.807, 2.05) is 0 Å². The number of carbonyl (C=O) groups is 1. The van der Waals surface area contributed by atoms with Crippen molar-refractivity contribution in [2.75, 3.05) is 0 Å². The SMILES string of the molecule is Cn1c(=O)ccn(CC(=O)NCc2ccn[nH]2)c1=O. The monoisotopic (exact) mass is 263 g/mol. The van der Waals surface area contributed by atoms with E-state index >= 15 is 0 Å². The number of aromatic nitrogens is 4. The topological polar surface area (TPSA) is 102 Å². The average molecular weight is 263 g/mol. The van der Waals surface area contributed by atoms with Crippen molar-refractivity contribution in [3.8, 4) is 0 Å². The van der Waals surface area contributed by atoms with Crippen LogP contribution in [0, 0.1) is 0 Å². The van der Waals surface area contributed by atoms with E-state index in [0.29, 0.717) is 6.54 Å². The summed E-state index contributed by atoms with van der Waals surface area (Å²) in [5.41, 5.74) is -0.163. The van der Waals surface area contributed by atoms with Crippen LogP contribution in [0.2, 0.25) is 0 Å². The summed E-state index contributed by atoms with van der Waals surface area (Å²) in [6.07, 6.45) is 2.89. The van der Waals surface area contributed by atoms with E-state index < -0.39 is 11.2 Å². The van der Waals surface area contributed by atoms with Gasteiger partial charge in [0.15, 0.2) is 0 Å². The fourth-order valence-electron chi connectivity index (χ4n) is 1.52. The van der Waals surface area contributed by atoms with Gasteiger partial charge in [0.2, 0.25) is 5.91 Å². The van der Waals surface area contributed by atoms with Gasteiger partial charge >= 0.3 is 5.69 Å². The molecule has 0 saturated heterocycles. The number of nitrogens with zero attached hydrogens (tertiary/aromatic N) is 3. The van der Waals surface area contributed by atoms with Crippen LogP contribution in [0.5, 0.6) is 0 Å². The third kappa shape index (κ3) is 2.97. The van der Waals surface area contributed by atoms with Crippen LogP contribution in [0.4, 0.5) is 0 Å². The maximum Gasteiger partial charge on any atom is 0.331 e. The van der Waals surface area contributed by atoms with Gasteiger partial charge < -0.3 is 5.32 Å². The molecule has 0 saturated carbocycles. The van der Waals surface area contributed by atoms with Gasteiger partial charge in [-0.05, 0) is 6.07 Å². The van der Waals surface area contributed by atoms with Gasteiger partial charge in [0.05, 0.1) is 12.2 Å². The van der Waals surface area contributed by atoms with E-state index in [-0.39, 0.29) is 12.5 Å². The molecule has 0 aliphatic carbocycles. The Kier molecular flexibility index (Phi) is 3.60. The lowest BCUT2D eigenvalue weighted by Gasteiger charge is -2.07. The predicted molar refractivity (Wildman–Crippen MR) is 66.4 cm³/mol. The van der Waals surface area contributed by atoms with Crippen molar-refractivity contribution >= 4 is 5.91 Å². The Labute approximate surface area is 107 Å². The quantitative estimate of drug-likeness (QED) is 0.707. The smallest absolute Gasteiger partial charge is 0.331 e. The molecule has 2 N–H and O–H groups in total. The summed E-state index contributed by atoms with van der Waals surface area (Å²) in [6, 6.07) is 2.97. The first kappa shape index (κ1) is 12.8. The third-order valence-corrected chi connectivity index (χ3v) is 2.61. The summed E-state index contributed by atoms with van der Waals surface area (Å²) in [5, 5.41) is 9.09. The highest BCUT2D eigenvalue weighted by molar-refractivity contribution is 5.75. The van der Waals surface area contributed by atoms with Crippen molar-refractivity contribution in [2.24, 2.45) is 7.05 Å². The van der Waals surface area contributed by atoms with Crippen molar-refractivity contribution in [1.82, 2.24) is 24.6 Å². The van der Waals surface area contributed by atoms with Gasteiger partial charge in [-0.3, -0.25) is 23.8 Å². The molecule has 0 bridgehead atoms. The number of hydrogen-bond donors (Lipinski definition) is 2. The summed E-state index contributed by atoms with van der Waals surface area (Å²) in [4.78, 5) is 34.5. The van der Waals surface area contributed by atoms with Crippen molar-refractivity contribution < 1.29 is 4.79 Å². The van der Waals surface area contributed by atoms with Gasteiger partial charge in [0.25, 0.3) is 5.56 Å². The molecule has 0 atom stereocenters. The van der Waals surface area contributed by atoms with E-state index in [4.69, 9.17) is 0 Å². The summed E-state index contributed by atoms with van der Waals surface area (Å²) in [6.45, 7) is 0.167. The van der Waals surface area contributed by atoms with Crippen LogP contribution in [0.1, 0.15) is 5.69 Å². The summed E-state index contributed by atoms with van der Waals surface area (Å²) in [5.74, 6) is -0.324. The number of hydrogen-bond acceptors (Lipinski definition) is 4. The van der Waals surface area contributed by atoms with Crippen molar-refractivity contribution in [2.45, 2.75) is 13.1 Å². The highest BCUT2D eigenvalue weighted by Crippen LogP contribution is 1.90. The minimum absolute atomic E-state index is 0.138. The van der Waals surface area contributed by atoms with E-state index in [1.165, 1.54) is 23.9 Å². The molecule has 19 heavy (non-hydrogen) atoms. The molecule has 8 nitrogen and oxygen atoms in total. The molecule has 2 rings (SSSR count). The molecule has 2 aromatic rings. The van der Waals surface area contributed by atoms with Crippen LogP contribution in [0.25, 0.3) is 0 Å². The molecule has 0 radical (unpaired) electrons. The molecule has 0 spiro atoms. The summed E-state index contributed by atoms with van der Waals surface area (Å²) >= 11 is 0. The van der Waals surface area contributed by atoms with Crippen molar-refractivity contribution in [1.29, 1.82) is 0 Å². The maximum atomic E-state index is 11.7. The maximum absolute atomic E-state index is 11.7. The molecule has 8 heteroatoms. The van der Waals surface area contributed by atoms with E-state index in [9.17, 15) is 14.4 Å². The molecule has 0 unspecified atom stereocenters. The van der Waals surface area contributed by atoms with Gasteiger partial charge in [0.1, 0.15) is 6.54 Å². The second kappa shape index (κ2) is 5.34. The first-order valence-corrected chi connectivity index (χ1v) is 5.59. The third-order valence-electron chi connectivity index (χ3n) is 2.61. The second-order valence-corrected chi connectivity index (χ2v) is 3.98. The van der Waals surface area contributed by atoms with E-state index in [2.05, 4.69) is 15.5 Å². The van der Waals surface area contributed by atoms with Gasteiger partial charge in [-0.2, -0.15) is 5.10 Å². The second-order valence-electron chi connectivity index (χ2n) is 3.98. The first-order chi connectivity index (χ1) is 9.08. The fourth-order valence-corrected chi connectivity index (χ4v) is 1.52. The Balaban J connectivity index is 2.01. The minimum atomic E-state index is -0.524. The zero-order valence-corrected chi connectivity index (χ0v) is 10.3. The lowest BCUT2D eigenvalue weighted by molar-refractivity contribution is -0.121. The lowest BCUT2D eigenvalue weighted by Crippen LogP contribution is -2.40. The molecule has 2 aromatic heterocycles. The number of aromatic amines is 1. The minimum Gasteiger partial charge on any atom is -0.349 e. The Bertz CT molecular complexity index is 683. The van der Waals surface area contributed by atoms with Crippen molar-refractivity contribution in [3.05, 3.63) is 51.1 Å². The number of H-pyrrole nitrogens is 1. The molecule has 100 valence electrons. The van der Waals surface area contributed by atoms with E-state index in [1.54, 1.807) is 12.3 Å². The molecule has 0 fully saturated rings. The summed E-state index contributed by atoms with van der Waals surface area (Å²) < 4.78 is 2.12. The van der Waals surface area contributed by atoms with Gasteiger partial charge in [-0.1, -0.05) is 0 Å². The number of nitrogens with one attached hydrogen (secondary N) is 2. The molecule has 0 aliphatic rings. The van der Waals surface area contributed by atoms with E-state index in [0.717, 1.165) is 10.3 Å². The van der Waals surface area contributed by atoms with Crippen LogP contribution in [-0.4, -0.2) is 25.2 Å². The Hall–Kier alpha value is -2.64. The zero-order chi connectivity index (χ0) is 13.8. The van der Waals surface area contributed by atoms with Crippen LogP contribution in [0.15, 0.2) is 34.1 Å². The Morgan fingerprint density at radius 3 is 2.89 bits per heavy atom. The van der Waals surface area contributed by atoms with Crippen LogP contribution < -0.4 is 16.6 Å².